The van der Waals surface area contributed by atoms with Crippen LogP contribution in [0.15, 0.2) is 10.1 Å². The Labute approximate surface area is 49.5 Å². The first kappa shape index (κ1) is 7.14. The number of nitrogens with one attached hydrogen (secondary N) is 1. The summed E-state index contributed by atoms with van der Waals surface area (Å²) in [5, 5.41) is 3.36. The summed E-state index contributed by atoms with van der Waals surface area (Å²) in [4.78, 5) is 3.91. The molecule has 0 rings (SSSR count). The van der Waals surface area contributed by atoms with Gasteiger partial charge in [0, 0.05) is 13.3 Å². The summed E-state index contributed by atoms with van der Waals surface area (Å²) in [6, 6.07) is 0. The molecule has 0 bridgehead atoms. The number of hydrogen-bond acceptors (Lipinski definition) is 2. The second-order valence-electron chi connectivity index (χ2n) is 1.32. The molecule has 0 aromatic carbocycles. The summed E-state index contributed by atoms with van der Waals surface area (Å²) in [5.41, 5.74) is 2.51. The van der Waals surface area contributed by atoms with Crippen molar-refractivity contribution in [3.05, 3.63) is 0 Å². The van der Waals surface area contributed by atoms with Crippen LogP contribution in [0.2, 0.25) is 0 Å². The monoisotopic (exact) mass is 113 g/mol. The summed E-state index contributed by atoms with van der Waals surface area (Å²) < 4.78 is 0. The molecule has 8 heavy (non-hydrogen) atoms. The van der Waals surface area contributed by atoms with E-state index in [-0.39, 0.29) is 0 Å². The average Bonchev–Trinajstić information content (AvgIpc) is 1.81. The first-order valence-corrected chi connectivity index (χ1v) is 2.61. The van der Waals surface area contributed by atoms with Crippen LogP contribution in [0.25, 0.3) is 0 Å². The molecule has 0 aliphatic rings. The molecule has 0 amide bonds. The van der Waals surface area contributed by atoms with Crippen molar-refractivity contribution in [2.24, 2.45) is 10.1 Å². The van der Waals surface area contributed by atoms with Crippen molar-refractivity contribution in [1.29, 1.82) is 0 Å². The third kappa shape index (κ3) is 5.14. The molecule has 0 atom stereocenters. The van der Waals surface area contributed by atoms with Gasteiger partial charge in [-0.05, 0) is 6.42 Å². The van der Waals surface area contributed by atoms with E-state index in [1.54, 1.807) is 0 Å². The van der Waals surface area contributed by atoms with Gasteiger partial charge in [0.15, 0.2) is 0 Å². The van der Waals surface area contributed by atoms with Gasteiger partial charge in [0.2, 0.25) is 0 Å². The van der Waals surface area contributed by atoms with Crippen LogP contribution in [-0.2, 0) is 0 Å². The molecule has 0 aromatic heterocycles. The van der Waals surface area contributed by atoms with E-state index in [2.05, 4.69) is 29.2 Å². The molecule has 0 aliphatic carbocycles. The molecule has 46 valence electrons. The Bertz CT molecular complexity index is 77.7. The van der Waals surface area contributed by atoms with E-state index < -0.39 is 0 Å². The second-order valence-corrected chi connectivity index (χ2v) is 1.32. The van der Waals surface area contributed by atoms with Crippen molar-refractivity contribution in [2.45, 2.75) is 13.3 Å². The van der Waals surface area contributed by atoms with Crippen molar-refractivity contribution in [3.8, 4) is 0 Å². The smallest absolute Gasteiger partial charge is 0.103 e. The zero-order chi connectivity index (χ0) is 6.24. The zero-order valence-electron chi connectivity index (χ0n) is 5.09. The van der Waals surface area contributed by atoms with Crippen molar-refractivity contribution in [2.75, 3.05) is 6.54 Å². The highest BCUT2D eigenvalue weighted by Gasteiger charge is 1.68. The zero-order valence-corrected chi connectivity index (χ0v) is 5.09. The molecule has 0 radical (unpaired) electrons. The summed E-state index contributed by atoms with van der Waals surface area (Å²) in [6.45, 7) is 6.12. The predicted octanol–water partition coefficient (Wildman–Crippen LogP) is 0.630. The van der Waals surface area contributed by atoms with E-state index in [0.717, 1.165) is 13.0 Å². The fraction of sp³-hybridized carbons (Fsp3) is 0.600. The highest BCUT2D eigenvalue weighted by Crippen LogP contribution is 1.72. The lowest BCUT2D eigenvalue weighted by molar-refractivity contribution is 0.921. The van der Waals surface area contributed by atoms with Crippen LogP contribution >= 0.6 is 0 Å². The molecule has 3 nitrogen and oxygen atoms in total. The van der Waals surface area contributed by atoms with Crippen LogP contribution in [-0.4, -0.2) is 19.6 Å². The maximum atomic E-state index is 3.91. The number of nitrogens with zero attached hydrogens (tertiary/aromatic N) is 2. The fourth-order valence-corrected chi connectivity index (χ4v) is 0.275. The molecule has 0 fully saturated rings. The fourth-order valence-electron chi connectivity index (χ4n) is 0.275. The highest BCUT2D eigenvalue weighted by atomic mass is 15.3. The SMILES string of the molecule is C=NNC=NCCC. The number of aliphatic imine (C=N–C) groups is 1. The minimum Gasteiger partial charge on any atom is -0.274 e. The van der Waals surface area contributed by atoms with Gasteiger partial charge in [0.05, 0.1) is 0 Å². The Kier molecular flexibility index (Phi) is 5.48. The second kappa shape index (κ2) is 6.14. The van der Waals surface area contributed by atoms with Crippen LogP contribution in [0.5, 0.6) is 0 Å². The van der Waals surface area contributed by atoms with E-state index in [9.17, 15) is 0 Å². The Morgan fingerprint density at radius 1 is 1.75 bits per heavy atom. The Hall–Kier alpha value is -0.860. The van der Waals surface area contributed by atoms with Gasteiger partial charge in [-0.2, -0.15) is 5.10 Å². The van der Waals surface area contributed by atoms with Crippen LogP contribution in [0.3, 0.4) is 0 Å². The van der Waals surface area contributed by atoms with Crippen molar-refractivity contribution in [1.82, 2.24) is 5.43 Å². The quantitative estimate of drug-likeness (QED) is 0.324. The summed E-state index contributed by atoms with van der Waals surface area (Å²) in [6.07, 6.45) is 2.60. The summed E-state index contributed by atoms with van der Waals surface area (Å²) >= 11 is 0. The average molecular weight is 113 g/mol. The third-order valence-corrected chi connectivity index (χ3v) is 0.593. The molecular weight excluding hydrogens is 102 g/mol. The van der Waals surface area contributed by atoms with Crippen LogP contribution in [0.4, 0.5) is 0 Å². The van der Waals surface area contributed by atoms with Gasteiger partial charge < -0.3 is 0 Å². The molecule has 0 spiro atoms. The van der Waals surface area contributed by atoms with E-state index in [0.29, 0.717) is 0 Å². The maximum absolute atomic E-state index is 3.91. The topological polar surface area (TPSA) is 36.8 Å². The largest absolute Gasteiger partial charge is 0.274 e. The molecule has 0 aliphatic heterocycles. The number of hydrazone groups is 1. The lowest BCUT2D eigenvalue weighted by Gasteiger charge is -1.84. The molecular formula is C5H11N3. The van der Waals surface area contributed by atoms with Gasteiger partial charge in [0.1, 0.15) is 6.34 Å². The van der Waals surface area contributed by atoms with Gasteiger partial charge in [-0.1, -0.05) is 6.92 Å². The molecule has 0 aromatic rings. The maximum Gasteiger partial charge on any atom is 0.103 e. The van der Waals surface area contributed by atoms with E-state index in [4.69, 9.17) is 0 Å². The Morgan fingerprint density at radius 2 is 2.50 bits per heavy atom. The van der Waals surface area contributed by atoms with Gasteiger partial charge in [0.25, 0.3) is 0 Å². The van der Waals surface area contributed by atoms with Crippen LogP contribution in [0.1, 0.15) is 13.3 Å². The van der Waals surface area contributed by atoms with E-state index in [1.165, 1.54) is 6.34 Å². The standard InChI is InChI=1S/C5H11N3/c1-3-4-7-5-8-6-2/h5H,2-4H2,1H3,(H,7,8). The summed E-state index contributed by atoms with van der Waals surface area (Å²) in [5.74, 6) is 0. The molecule has 0 unspecified atom stereocenters. The Morgan fingerprint density at radius 3 is 3.00 bits per heavy atom. The molecule has 0 saturated heterocycles. The normalized spacial score (nSPS) is 9.62. The number of hydrogen-bond donors (Lipinski definition) is 1. The third-order valence-electron chi connectivity index (χ3n) is 0.593. The van der Waals surface area contributed by atoms with E-state index in [1.807, 2.05) is 0 Å². The lowest BCUT2D eigenvalue weighted by Crippen LogP contribution is -1.99. The van der Waals surface area contributed by atoms with Gasteiger partial charge in [-0.3, -0.25) is 10.4 Å². The van der Waals surface area contributed by atoms with Gasteiger partial charge in [-0.25, -0.2) is 0 Å². The summed E-state index contributed by atoms with van der Waals surface area (Å²) in [7, 11) is 0. The van der Waals surface area contributed by atoms with Crippen LogP contribution in [0, 0.1) is 0 Å². The van der Waals surface area contributed by atoms with Gasteiger partial charge >= 0.3 is 0 Å². The van der Waals surface area contributed by atoms with Crippen molar-refractivity contribution < 1.29 is 0 Å². The minimum atomic E-state index is 0.850. The number of rotatable bonds is 4. The van der Waals surface area contributed by atoms with Crippen LogP contribution < -0.4 is 5.43 Å². The van der Waals surface area contributed by atoms with Crippen molar-refractivity contribution in [3.63, 3.8) is 0 Å². The first-order chi connectivity index (χ1) is 3.91. The predicted molar refractivity (Wildman–Crippen MR) is 36.3 cm³/mol. The molecule has 3 heteroatoms. The van der Waals surface area contributed by atoms with E-state index >= 15 is 0 Å². The first-order valence-electron chi connectivity index (χ1n) is 2.61. The van der Waals surface area contributed by atoms with Gasteiger partial charge in [-0.15, -0.1) is 0 Å². The minimum absolute atomic E-state index is 0.850. The molecule has 0 saturated carbocycles. The molecule has 0 heterocycles. The lowest BCUT2D eigenvalue weighted by atomic mass is 10.5. The Balaban J connectivity index is 2.94. The highest BCUT2D eigenvalue weighted by molar-refractivity contribution is 5.54. The molecule has 1 N–H and O–H groups in total. The van der Waals surface area contributed by atoms with Crippen molar-refractivity contribution >= 4 is 13.1 Å².